The Morgan fingerprint density at radius 2 is 2.17 bits per heavy atom. The van der Waals surface area contributed by atoms with E-state index < -0.39 is 0 Å². The van der Waals surface area contributed by atoms with Gasteiger partial charge in [0.2, 0.25) is 0 Å². The second-order valence-electron chi connectivity index (χ2n) is 3.90. The maximum absolute atomic E-state index is 6.11. The van der Waals surface area contributed by atoms with Crippen LogP contribution in [0.3, 0.4) is 0 Å². The van der Waals surface area contributed by atoms with Gasteiger partial charge in [-0.15, -0.1) is 0 Å². The van der Waals surface area contributed by atoms with Crippen LogP contribution in [0.25, 0.3) is 0 Å². The van der Waals surface area contributed by atoms with Crippen LogP contribution in [0.15, 0.2) is 18.2 Å². The molecule has 0 saturated heterocycles. The average molecular weight is 182 g/mol. The van der Waals surface area contributed by atoms with Crippen molar-refractivity contribution in [2.75, 3.05) is 11.9 Å². The molecule has 0 radical (unpaired) electrons. The van der Waals surface area contributed by atoms with Crippen LogP contribution in [-0.2, 0) is 5.41 Å². The lowest BCUT2D eigenvalue weighted by molar-refractivity contribution is 0.586. The molecule has 0 spiro atoms. The predicted octanol–water partition coefficient (Wildman–Crippen LogP) is 3.04. The van der Waals surface area contributed by atoms with Crippen LogP contribution in [0.1, 0.15) is 19.4 Å². The predicted molar refractivity (Wildman–Crippen MR) is 53.0 cm³/mol. The Bertz CT molecular complexity index is 318. The SMILES string of the molecule is CC1(C)CNc2cccc(Cl)c21. The molecule has 0 bridgehead atoms. The first-order chi connectivity index (χ1) is 5.61. The van der Waals surface area contributed by atoms with Gasteiger partial charge in [-0.05, 0) is 12.1 Å². The van der Waals surface area contributed by atoms with Gasteiger partial charge in [0.15, 0.2) is 0 Å². The topological polar surface area (TPSA) is 12.0 Å². The van der Waals surface area contributed by atoms with Gasteiger partial charge in [0, 0.05) is 28.2 Å². The van der Waals surface area contributed by atoms with Crippen LogP contribution >= 0.6 is 11.6 Å². The second kappa shape index (κ2) is 2.40. The second-order valence-corrected chi connectivity index (χ2v) is 4.31. The Balaban J connectivity index is 2.64. The minimum Gasteiger partial charge on any atom is -0.384 e. The number of hydrogen-bond acceptors (Lipinski definition) is 1. The Morgan fingerprint density at radius 1 is 1.42 bits per heavy atom. The van der Waals surface area contributed by atoms with E-state index in [1.54, 1.807) is 0 Å². The van der Waals surface area contributed by atoms with Crippen molar-refractivity contribution in [2.45, 2.75) is 19.3 Å². The van der Waals surface area contributed by atoms with Crippen molar-refractivity contribution >= 4 is 17.3 Å². The molecule has 64 valence electrons. The van der Waals surface area contributed by atoms with Crippen molar-refractivity contribution in [1.29, 1.82) is 0 Å². The molecule has 1 aromatic rings. The van der Waals surface area contributed by atoms with Gasteiger partial charge in [-0.3, -0.25) is 0 Å². The van der Waals surface area contributed by atoms with Crippen molar-refractivity contribution in [3.8, 4) is 0 Å². The highest BCUT2D eigenvalue weighted by Crippen LogP contribution is 2.40. The highest BCUT2D eigenvalue weighted by Gasteiger charge is 2.31. The van der Waals surface area contributed by atoms with E-state index >= 15 is 0 Å². The lowest BCUT2D eigenvalue weighted by Crippen LogP contribution is -2.19. The van der Waals surface area contributed by atoms with Crippen molar-refractivity contribution in [1.82, 2.24) is 0 Å². The maximum Gasteiger partial charge on any atom is 0.0464 e. The summed E-state index contributed by atoms with van der Waals surface area (Å²) >= 11 is 6.11. The Morgan fingerprint density at radius 3 is 2.83 bits per heavy atom. The molecule has 2 rings (SSSR count). The fourth-order valence-corrected chi connectivity index (χ4v) is 2.19. The molecule has 0 saturated carbocycles. The normalized spacial score (nSPS) is 18.6. The molecule has 0 unspecified atom stereocenters. The molecule has 1 nitrogen and oxygen atoms in total. The van der Waals surface area contributed by atoms with Crippen molar-refractivity contribution < 1.29 is 0 Å². The summed E-state index contributed by atoms with van der Waals surface area (Å²) in [6.07, 6.45) is 0. The highest BCUT2D eigenvalue weighted by molar-refractivity contribution is 6.32. The van der Waals surface area contributed by atoms with E-state index in [4.69, 9.17) is 11.6 Å². The molecule has 1 aliphatic rings. The monoisotopic (exact) mass is 181 g/mol. The summed E-state index contributed by atoms with van der Waals surface area (Å²) in [6.45, 7) is 5.39. The Hall–Kier alpha value is -0.690. The number of benzene rings is 1. The van der Waals surface area contributed by atoms with E-state index in [2.05, 4.69) is 25.2 Å². The first-order valence-corrected chi connectivity index (χ1v) is 4.52. The van der Waals surface area contributed by atoms with Crippen LogP contribution in [0.2, 0.25) is 5.02 Å². The number of hydrogen-bond donors (Lipinski definition) is 1. The maximum atomic E-state index is 6.11. The molecule has 1 heterocycles. The number of rotatable bonds is 0. The van der Waals surface area contributed by atoms with Gasteiger partial charge in [0.05, 0.1) is 0 Å². The van der Waals surface area contributed by atoms with Gasteiger partial charge >= 0.3 is 0 Å². The molecule has 1 aliphatic heterocycles. The summed E-state index contributed by atoms with van der Waals surface area (Å²) in [5.41, 5.74) is 2.62. The molecule has 1 aromatic carbocycles. The van der Waals surface area contributed by atoms with Gasteiger partial charge in [-0.1, -0.05) is 31.5 Å². The fraction of sp³-hybridized carbons (Fsp3) is 0.400. The Labute approximate surface area is 77.7 Å². The number of fused-ring (bicyclic) bond motifs is 1. The smallest absolute Gasteiger partial charge is 0.0464 e. The molecule has 0 amide bonds. The third-order valence-electron chi connectivity index (χ3n) is 2.41. The van der Waals surface area contributed by atoms with E-state index in [-0.39, 0.29) is 5.41 Å². The van der Waals surface area contributed by atoms with Crippen LogP contribution in [0, 0.1) is 0 Å². The standard InChI is InChI=1S/C10H12ClN/c1-10(2)6-12-8-5-3-4-7(11)9(8)10/h3-5,12H,6H2,1-2H3. The molecule has 0 aliphatic carbocycles. The lowest BCUT2D eigenvalue weighted by atomic mass is 9.87. The molecule has 12 heavy (non-hydrogen) atoms. The summed E-state index contributed by atoms with van der Waals surface area (Å²) in [4.78, 5) is 0. The van der Waals surface area contributed by atoms with E-state index in [1.807, 2.05) is 12.1 Å². The zero-order chi connectivity index (χ0) is 8.77. The molecule has 2 heteroatoms. The van der Waals surface area contributed by atoms with Crippen molar-refractivity contribution in [2.24, 2.45) is 0 Å². The van der Waals surface area contributed by atoms with E-state index in [0.717, 1.165) is 11.6 Å². The van der Waals surface area contributed by atoms with Crippen molar-refractivity contribution in [3.63, 3.8) is 0 Å². The van der Waals surface area contributed by atoms with Crippen LogP contribution in [0.5, 0.6) is 0 Å². The molecule has 1 N–H and O–H groups in total. The Kier molecular flexibility index (Phi) is 1.58. The molecule has 0 atom stereocenters. The highest BCUT2D eigenvalue weighted by atomic mass is 35.5. The summed E-state index contributed by atoms with van der Waals surface area (Å²) in [5.74, 6) is 0. The number of nitrogens with one attached hydrogen (secondary N) is 1. The minimum atomic E-state index is 0.174. The van der Waals surface area contributed by atoms with Gasteiger partial charge in [0.1, 0.15) is 0 Å². The van der Waals surface area contributed by atoms with E-state index in [1.165, 1.54) is 11.3 Å². The zero-order valence-corrected chi connectivity index (χ0v) is 8.07. The first-order valence-electron chi connectivity index (χ1n) is 4.14. The third-order valence-corrected chi connectivity index (χ3v) is 2.73. The summed E-state index contributed by atoms with van der Waals surface area (Å²) in [5, 5.41) is 4.22. The molecular weight excluding hydrogens is 170 g/mol. The zero-order valence-electron chi connectivity index (χ0n) is 7.32. The third kappa shape index (κ3) is 1.00. The van der Waals surface area contributed by atoms with Gasteiger partial charge in [-0.2, -0.15) is 0 Å². The quantitative estimate of drug-likeness (QED) is 0.649. The molecule has 0 fully saturated rings. The molecular formula is C10H12ClN. The lowest BCUT2D eigenvalue weighted by Gasteiger charge is -2.17. The van der Waals surface area contributed by atoms with Gasteiger partial charge in [0.25, 0.3) is 0 Å². The summed E-state index contributed by atoms with van der Waals surface area (Å²) < 4.78 is 0. The van der Waals surface area contributed by atoms with Crippen LogP contribution < -0.4 is 5.32 Å². The summed E-state index contributed by atoms with van der Waals surface area (Å²) in [7, 11) is 0. The molecule has 0 aromatic heterocycles. The number of halogens is 1. The minimum absolute atomic E-state index is 0.174. The van der Waals surface area contributed by atoms with Gasteiger partial charge in [-0.25, -0.2) is 0 Å². The fourth-order valence-electron chi connectivity index (χ4n) is 1.76. The average Bonchev–Trinajstić information content (AvgIpc) is 2.29. The van der Waals surface area contributed by atoms with Crippen LogP contribution in [0.4, 0.5) is 5.69 Å². The first kappa shape index (κ1) is 7.93. The van der Waals surface area contributed by atoms with Crippen LogP contribution in [-0.4, -0.2) is 6.54 Å². The van der Waals surface area contributed by atoms with E-state index in [9.17, 15) is 0 Å². The summed E-state index contributed by atoms with van der Waals surface area (Å²) in [6, 6.07) is 6.01. The van der Waals surface area contributed by atoms with E-state index in [0.29, 0.717) is 0 Å². The number of anilines is 1. The van der Waals surface area contributed by atoms with Gasteiger partial charge < -0.3 is 5.32 Å². The van der Waals surface area contributed by atoms with Crippen molar-refractivity contribution in [3.05, 3.63) is 28.8 Å². The largest absolute Gasteiger partial charge is 0.384 e.